The monoisotopic (exact) mass is 356 g/mol. The highest BCUT2D eigenvalue weighted by Gasteiger charge is 2.32. The number of rotatable bonds is 4. The van der Waals surface area contributed by atoms with E-state index in [-0.39, 0.29) is 0 Å². The Kier molecular flexibility index (Phi) is 5.50. The van der Waals surface area contributed by atoms with Gasteiger partial charge in [-0.3, -0.25) is 0 Å². The summed E-state index contributed by atoms with van der Waals surface area (Å²) in [6, 6.07) is 17.7. The average Bonchev–Trinajstić information content (AvgIpc) is 2.67. The second-order valence-corrected chi connectivity index (χ2v) is 6.06. The summed E-state index contributed by atoms with van der Waals surface area (Å²) in [5, 5.41) is 3.84. The summed E-state index contributed by atoms with van der Waals surface area (Å²) in [7, 11) is 1.35. The van der Waals surface area contributed by atoms with E-state index in [0.29, 0.717) is 24.0 Å². The summed E-state index contributed by atoms with van der Waals surface area (Å²) >= 11 is 5.55. The predicted octanol–water partition coefficient (Wildman–Crippen LogP) is 2.54. The van der Waals surface area contributed by atoms with E-state index < -0.39 is 12.1 Å². The summed E-state index contributed by atoms with van der Waals surface area (Å²) in [6.07, 6.45) is 0.168. The first-order valence-corrected chi connectivity index (χ1v) is 8.52. The number of para-hydroxylation sites is 2. The maximum absolute atomic E-state index is 11.9. The van der Waals surface area contributed by atoms with Crippen LogP contribution in [0.4, 0.5) is 5.69 Å². The molecule has 0 unspecified atom stereocenters. The van der Waals surface area contributed by atoms with Gasteiger partial charge in [-0.25, -0.2) is 4.79 Å². The molecular formula is C19H20N2O3S. The smallest absolute Gasteiger partial charge is 0.348 e. The number of carbonyl (C=O) groups excluding carboxylic acids is 1. The van der Waals surface area contributed by atoms with Gasteiger partial charge in [0, 0.05) is 6.54 Å². The van der Waals surface area contributed by atoms with Crippen LogP contribution in [0.25, 0.3) is 0 Å². The zero-order chi connectivity index (χ0) is 17.6. The number of nitrogens with one attached hydrogen (secondary N) is 1. The highest BCUT2D eigenvalue weighted by Crippen LogP contribution is 2.33. The molecule has 0 bridgehead atoms. The molecule has 0 aliphatic carbocycles. The molecule has 0 radical (unpaired) electrons. The maximum atomic E-state index is 11.9. The van der Waals surface area contributed by atoms with Crippen LogP contribution >= 0.6 is 12.2 Å². The average molecular weight is 356 g/mol. The predicted molar refractivity (Wildman–Crippen MR) is 101 cm³/mol. The fraction of sp³-hybridized carbons (Fsp3) is 0.263. The summed E-state index contributed by atoms with van der Waals surface area (Å²) in [4.78, 5) is 13.8. The summed E-state index contributed by atoms with van der Waals surface area (Å²) < 4.78 is 10.6. The number of anilines is 1. The van der Waals surface area contributed by atoms with Crippen molar-refractivity contribution in [2.75, 3.05) is 25.1 Å². The first kappa shape index (κ1) is 17.2. The Morgan fingerprint density at radius 3 is 2.72 bits per heavy atom. The standard InChI is InChI=1S/C19H20N2O3S/c1-23-18(22)17-13-21(15-9-5-6-10-16(15)24-17)19(25)20-12-11-14-7-3-2-4-8-14/h2-10,17H,11-13H2,1H3,(H,20,25)/t17-/m0/s1. The zero-order valence-corrected chi connectivity index (χ0v) is 14.8. The number of fused-ring (bicyclic) bond motifs is 1. The lowest BCUT2D eigenvalue weighted by Crippen LogP contribution is -2.51. The molecule has 6 heteroatoms. The summed E-state index contributed by atoms with van der Waals surface area (Å²) in [5.74, 6) is 0.211. The molecule has 0 saturated heterocycles. The molecule has 1 heterocycles. The van der Waals surface area contributed by atoms with Crippen LogP contribution in [-0.4, -0.2) is 37.4 Å². The molecule has 5 nitrogen and oxygen atoms in total. The minimum absolute atomic E-state index is 0.320. The van der Waals surface area contributed by atoms with Gasteiger partial charge in [0.25, 0.3) is 0 Å². The van der Waals surface area contributed by atoms with Gasteiger partial charge in [0.2, 0.25) is 6.10 Å². The van der Waals surface area contributed by atoms with E-state index in [0.717, 1.165) is 12.1 Å². The fourth-order valence-electron chi connectivity index (χ4n) is 2.73. The van der Waals surface area contributed by atoms with E-state index in [1.165, 1.54) is 12.7 Å². The van der Waals surface area contributed by atoms with Crippen LogP contribution in [0.5, 0.6) is 5.75 Å². The molecule has 1 aliphatic heterocycles. The largest absolute Gasteiger partial charge is 0.475 e. The van der Waals surface area contributed by atoms with Crippen LogP contribution in [0.3, 0.4) is 0 Å². The summed E-state index contributed by atoms with van der Waals surface area (Å²) in [5.41, 5.74) is 2.09. The van der Waals surface area contributed by atoms with Crippen LogP contribution < -0.4 is 15.0 Å². The van der Waals surface area contributed by atoms with Gasteiger partial charge in [0.1, 0.15) is 5.75 Å². The number of esters is 1. The molecule has 1 N–H and O–H groups in total. The molecule has 0 amide bonds. The highest BCUT2D eigenvalue weighted by molar-refractivity contribution is 7.80. The second-order valence-electron chi connectivity index (χ2n) is 5.68. The Balaban J connectivity index is 1.68. The lowest BCUT2D eigenvalue weighted by molar-refractivity contribution is -0.148. The SMILES string of the molecule is COC(=O)[C@@H]1CN(C(=S)NCCc2ccccc2)c2ccccc2O1. The lowest BCUT2D eigenvalue weighted by Gasteiger charge is -2.35. The van der Waals surface area contributed by atoms with E-state index in [1.807, 2.05) is 47.4 Å². The Morgan fingerprint density at radius 1 is 1.24 bits per heavy atom. The Labute approximate surface area is 152 Å². The first-order valence-electron chi connectivity index (χ1n) is 8.12. The zero-order valence-electron chi connectivity index (χ0n) is 14.0. The van der Waals surface area contributed by atoms with Gasteiger partial charge < -0.3 is 19.7 Å². The second kappa shape index (κ2) is 7.98. The van der Waals surface area contributed by atoms with Gasteiger partial charge in [-0.05, 0) is 36.3 Å². The number of nitrogens with zero attached hydrogens (tertiary/aromatic N) is 1. The highest BCUT2D eigenvalue weighted by atomic mass is 32.1. The molecule has 1 atom stereocenters. The number of hydrogen-bond donors (Lipinski definition) is 1. The third-order valence-electron chi connectivity index (χ3n) is 4.02. The molecule has 130 valence electrons. The first-order chi connectivity index (χ1) is 12.2. The topological polar surface area (TPSA) is 50.8 Å². The Morgan fingerprint density at radius 2 is 1.96 bits per heavy atom. The van der Waals surface area contributed by atoms with Crippen LogP contribution in [-0.2, 0) is 16.0 Å². The van der Waals surface area contributed by atoms with Crippen molar-refractivity contribution in [1.29, 1.82) is 0 Å². The van der Waals surface area contributed by atoms with E-state index in [9.17, 15) is 4.79 Å². The van der Waals surface area contributed by atoms with Crippen molar-refractivity contribution in [3.63, 3.8) is 0 Å². The molecule has 0 spiro atoms. The Hall–Kier alpha value is -2.60. The van der Waals surface area contributed by atoms with E-state index >= 15 is 0 Å². The molecular weight excluding hydrogens is 336 g/mol. The summed E-state index contributed by atoms with van der Waals surface area (Å²) in [6.45, 7) is 1.03. The maximum Gasteiger partial charge on any atom is 0.348 e. The van der Waals surface area contributed by atoms with Crippen LogP contribution in [0.2, 0.25) is 0 Å². The van der Waals surface area contributed by atoms with Crippen molar-refractivity contribution in [2.24, 2.45) is 0 Å². The molecule has 0 saturated carbocycles. The van der Waals surface area contributed by atoms with Gasteiger partial charge in [-0.15, -0.1) is 0 Å². The van der Waals surface area contributed by atoms with E-state index in [2.05, 4.69) is 17.4 Å². The van der Waals surface area contributed by atoms with Crippen molar-refractivity contribution in [2.45, 2.75) is 12.5 Å². The number of benzene rings is 2. The van der Waals surface area contributed by atoms with Crippen molar-refractivity contribution in [3.05, 3.63) is 60.2 Å². The van der Waals surface area contributed by atoms with Gasteiger partial charge in [-0.2, -0.15) is 0 Å². The van der Waals surface area contributed by atoms with Crippen LogP contribution in [0, 0.1) is 0 Å². The van der Waals surface area contributed by atoms with Gasteiger partial charge in [0.15, 0.2) is 5.11 Å². The third kappa shape index (κ3) is 4.09. The lowest BCUT2D eigenvalue weighted by atomic mass is 10.1. The van der Waals surface area contributed by atoms with Crippen molar-refractivity contribution < 1.29 is 14.3 Å². The molecule has 1 aliphatic rings. The van der Waals surface area contributed by atoms with Crippen molar-refractivity contribution in [3.8, 4) is 5.75 Å². The minimum Gasteiger partial charge on any atom is -0.475 e. The van der Waals surface area contributed by atoms with E-state index in [1.54, 1.807) is 0 Å². The number of hydrogen-bond acceptors (Lipinski definition) is 4. The Bertz CT molecular complexity index is 751. The van der Waals surface area contributed by atoms with Crippen LogP contribution in [0.15, 0.2) is 54.6 Å². The molecule has 2 aromatic carbocycles. The number of carbonyl (C=O) groups is 1. The number of thiocarbonyl (C=S) groups is 1. The quantitative estimate of drug-likeness (QED) is 0.671. The number of methoxy groups -OCH3 is 1. The fourth-order valence-corrected chi connectivity index (χ4v) is 3.01. The molecule has 25 heavy (non-hydrogen) atoms. The van der Waals surface area contributed by atoms with Gasteiger partial charge >= 0.3 is 5.97 Å². The molecule has 3 rings (SSSR count). The van der Waals surface area contributed by atoms with Gasteiger partial charge in [-0.1, -0.05) is 42.5 Å². The van der Waals surface area contributed by atoms with E-state index in [4.69, 9.17) is 21.7 Å². The molecule has 0 aromatic heterocycles. The number of ether oxygens (including phenoxy) is 2. The normalized spacial score (nSPS) is 15.7. The van der Waals surface area contributed by atoms with Crippen molar-refractivity contribution >= 4 is 29.0 Å². The van der Waals surface area contributed by atoms with Crippen LogP contribution in [0.1, 0.15) is 5.56 Å². The molecule has 0 fully saturated rings. The van der Waals surface area contributed by atoms with Crippen molar-refractivity contribution in [1.82, 2.24) is 5.32 Å². The minimum atomic E-state index is -0.700. The van der Waals surface area contributed by atoms with Gasteiger partial charge in [0.05, 0.1) is 19.3 Å². The molecule has 2 aromatic rings. The third-order valence-corrected chi connectivity index (χ3v) is 4.38.